The van der Waals surface area contributed by atoms with Crippen LogP contribution in [0.25, 0.3) is 11.0 Å². The van der Waals surface area contributed by atoms with Crippen LogP contribution in [0.4, 0.5) is 0 Å². The maximum atomic E-state index is 12.9. The van der Waals surface area contributed by atoms with Gasteiger partial charge in [0.05, 0.1) is 17.1 Å². The molecule has 2 aromatic carbocycles. The molecule has 2 N–H and O–H groups in total. The number of benzene rings is 2. The third-order valence-corrected chi connectivity index (χ3v) is 4.45. The van der Waals surface area contributed by atoms with Crippen LogP contribution >= 0.6 is 0 Å². The Morgan fingerprint density at radius 1 is 1.11 bits per heavy atom. The highest BCUT2D eigenvalue weighted by Crippen LogP contribution is 2.23. The lowest BCUT2D eigenvalue weighted by Gasteiger charge is -2.23. The molecule has 1 aromatic heterocycles. The van der Waals surface area contributed by atoms with Gasteiger partial charge in [-0.2, -0.15) is 0 Å². The predicted molar refractivity (Wildman–Crippen MR) is 108 cm³/mol. The van der Waals surface area contributed by atoms with E-state index in [1.807, 2.05) is 61.5 Å². The Bertz CT molecular complexity index is 840. The number of aromatic amines is 1. The third-order valence-electron chi connectivity index (χ3n) is 4.45. The van der Waals surface area contributed by atoms with E-state index in [9.17, 15) is 4.79 Å². The van der Waals surface area contributed by atoms with Crippen LogP contribution in [0.15, 0.2) is 54.6 Å². The fraction of sp³-hybridized carbons (Fsp3) is 0.364. The molecule has 0 saturated carbocycles. The van der Waals surface area contributed by atoms with Crippen LogP contribution in [-0.4, -0.2) is 22.0 Å². The summed E-state index contributed by atoms with van der Waals surface area (Å²) in [5, 5.41) is 3.14. The van der Waals surface area contributed by atoms with Crippen LogP contribution in [0.1, 0.15) is 45.5 Å². The lowest BCUT2D eigenvalue weighted by atomic mass is 10.0. The lowest BCUT2D eigenvalue weighted by molar-refractivity contribution is -0.129. The number of rotatable bonds is 8. The van der Waals surface area contributed by atoms with Gasteiger partial charge in [-0.1, -0.05) is 51.1 Å². The Kier molecular flexibility index (Phi) is 6.12. The molecule has 0 bridgehead atoms. The molecule has 142 valence electrons. The second kappa shape index (κ2) is 8.71. The number of aromatic nitrogens is 2. The first kappa shape index (κ1) is 19.0. The molecule has 2 atom stereocenters. The highest BCUT2D eigenvalue weighted by atomic mass is 16.5. The molecule has 0 radical (unpaired) electrons. The van der Waals surface area contributed by atoms with E-state index in [1.165, 1.54) is 0 Å². The molecule has 0 fully saturated rings. The van der Waals surface area contributed by atoms with Gasteiger partial charge in [0.2, 0.25) is 0 Å². The highest BCUT2D eigenvalue weighted by Gasteiger charge is 2.25. The number of imidazole rings is 1. The number of hydrogen-bond acceptors (Lipinski definition) is 3. The zero-order valence-electron chi connectivity index (χ0n) is 16.1. The molecule has 1 amide bonds. The summed E-state index contributed by atoms with van der Waals surface area (Å²) in [4.78, 5) is 20.9. The fourth-order valence-corrected chi connectivity index (χ4v) is 3.10. The summed E-state index contributed by atoms with van der Waals surface area (Å²) in [6.07, 6.45) is 0.856. The zero-order valence-corrected chi connectivity index (χ0v) is 16.1. The van der Waals surface area contributed by atoms with Crippen molar-refractivity contribution in [3.63, 3.8) is 0 Å². The van der Waals surface area contributed by atoms with Gasteiger partial charge in [0, 0.05) is 0 Å². The van der Waals surface area contributed by atoms with E-state index < -0.39 is 6.10 Å². The summed E-state index contributed by atoms with van der Waals surface area (Å²) in [5.41, 5.74) is 1.88. The number of nitrogens with one attached hydrogen (secondary N) is 2. The SMILES string of the molecule is CC[C@H](Oc1ccccc1)C(=O)N[C@@H](CC(C)C)c1nc2ccccc2[nH]1. The molecule has 0 aliphatic carbocycles. The van der Waals surface area contributed by atoms with Crippen molar-refractivity contribution in [1.29, 1.82) is 0 Å². The predicted octanol–water partition coefficient (Wildman–Crippen LogP) is 4.62. The largest absolute Gasteiger partial charge is 0.481 e. The molecule has 3 aromatic rings. The third kappa shape index (κ3) is 4.88. The van der Waals surface area contributed by atoms with Crippen molar-refractivity contribution in [3.05, 3.63) is 60.4 Å². The molecule has 5 nitrogen and oxygen atoms in total. The van der Waals surface area contributed by atoms with E-state index in [-0.39, 0.29) is 11.9 Å². The summed E-state index contributed by atoms with van der Waals surface area (Å²) < 4.78 is 5.88. The van der Waals surface area contributed by atoms with Crippen LogP contribution in [0, 0.1) is 5.92 Å². The average molecular weight is 365 g/mol. The maximum absolute atomic E-state index is 12.9. The summed E-state index contributed by atoms with van der Waals surface area (Å²) in [6.45, 7) is 6.23. The number of ether oxygens (including phenoxy) is 1. The maximum Gasteiger partial charge on any atom is 0.261 e. The first-order valence-electron chi connectivity index (χ1n) is 9.53. The van der Waals surface area contributed by atoms with Gasteiger partial charge < -0.3 is 15.0 Å². The van der Waals surface area contributed by atoms with E-state index in [2.05, 4.69) is 29.1 Å². The minimum absolute atomic E-state index is 0.118. The molecule has 0 saturated heterocycles. The normalized spacial score (nSPS) is 13.5. The number of carbonyl (C=O) groups excluding carboxylic acids is 1. The molecular formula is C22H27N3O2. The first-order chi connectivity index (χ1) is 13.1. The van der Waals surface area contributed by atoms with Gasteiger partial charge in [-0.3, -0.25) is 4.79 Å². The van der Waals surface area contributed by atoms with E-state index >= 15 is 0 Å². The number of fused-ring (bicyclic) bond motifs is 1. The number of carbonyl (C=O) groups is 1. The Balaban J connectivity index is 1.77. The Labute approximate surface area is 160 Å². The summed E-state index contributed by atoms with van der Waals surface area (Å²) in [6, 6.07) is 17.2. The van der Waals surface area contributed by atoms with E-state index in [0.29, 0.717) is 18.1 Å². The van der Waals surface area contributed by atoms with Crippen molar-refractivity contribution in [2.75, 3.05) is 0 Å². The van der Waals surface area contributed by atoms with Gasteiger partial charge in [0.15, 0.2) is 6.10 Å². The van der Waals surface area contributed by atoms with Crippen LogP contribution < -0.4 is 10.1 Å². The summed E-state index contributed by atoms with van der Waals surface area (Å²) in [5.74, 6) is 1.78. The van der Waals surface area contributed by atoms with Crippen molar-refractivity contribution in [2.45, 2.75) is 45.8 Å². The van der Waals surface area contributed by atoms with Gasteiger partial charge in [0.25, 0.3) is 5.91 Å². The van der Waals surface area contributed by atoms with Crippen LogP contribution in [0.2, 0.25) is 0 Å². The Morgan fingerprint density at radius 2 is 1.81 bits per heavy atom. The Hall–Kier alpha value is -2.82. The van der Waals surface area contributed by atoms with Crippen LogP contribution in [-0.2, 0) is 4.79 Å². The van der Waals surface area contributed by atoms with Gasteiger partial charge in [-0.05, 0) is 43.0 Å². The molecule has 3 rings (SSSR count). The average Bonchev–Trinajstić information content (AvgIpc) is 3.10. The van der Waals surface area contributed by atoms with Crippen molar-refractivity contribution in [2.24, 2.45) is 5.92 Å². The van der Waals surface area contributed by atoms with Gasteiger partial charge in [-0.25, -0.2) is 4.98 Å². The quantitative estimate of drug-likeness (QED) is 0.612. The second-order valence-corrected chi connectivity index (χ2v) is 7.16. The van der Waals surface area contributed by atoms with Gasteiger partial charge in [0.1, 0.15) is 11.6 Å². The summed E-state index contributed by atoms with van der Waals surface area (Å²) in [7, 11) is 0. The molecular weight excluding hydrogens is 338 g/mol. The zero-order chi connectivity index (χ0) is 19.2. The van der Waals surface area contributed by atoms with Gasteiger partial charge >= 0.3 is 0 Å². The Morgan fingerprint density at radius 3 is 2.48 bits per heavy atom. The number of hydrogen-bond donors (Lipinski definition) is 2. The van der Waals surface area contributed by atoms with E-state index in [1.54, 1.807) is 0 Å². The van der Waals surface area contributed by atoms with Crippen LogP contribution in [0.3, 0.4) is 0 Å². The number of amides is 1. The smallest absolute Gasteiger partial charge is 0.261 e. The lowest BCUT2D eigenvalue weighted by Crippen LogP contribution is -2.40. The molecule has 5 heteroatoms. The van der Waals surface area contributed by atoms with Crippen molar-refractivity contribution in [1.82, 2.24) is 15.3 Å². The van der Waals surface area contributed by atoms with Crippen LogP contribution in [0.5, 0.6) is 5.75 Å². The molecule has 1 heterocycles. The summed E-state index contributed by atoms with van der Waals surface area (Å²) >= 11 is 0. The van der Waals surface area contributed by atoms with E-state index in [4.69, 9.17) is 4.74 Å². The molecule has 0 spiro atoms. The molecule has 0 unspecified atom stereocenters. The number of nitrogens with zero attached hydrogens (tertiary/aromatic N) is 1. The molecule has 0 aliphatic rings. The van der Waals surface area contributed by atoms with Gasteiger partial charge in [-0.15, -0.1) is 0 Å². The van der Waals surface area contributed by atoms with Crippen molar-refractivity contribution >= 4 is 16.9 Å². The second-order valence-electron chi connectivity index (χ2n) is 7.16. The molecule has 27 heavy (non-hydrogen) atoms. The first-order valence-corrected chi connectivity index (χ1v) is 9.53. The van der Waals surface area contributed by atoms with Crippen molar-refractivity contribution in [3.8, 4) is 5.75 Å². The van der Waals surface area contributed by atoms with E-state index in [0.717, 1.165) is 23.3 Å². The number of para-hydroxylation sites is 3. The molecule has 0 aliphatic heterocycles. The monoisotopic (exact) mass is 365 g/mol. The van der Waals surface area contributed by atoms with Crippen molar-refractivity contribution < 1.29 is 9.53 Å². The minimum Gasteiger partial charge on any atom is -0.481 e. The number of H-pyrrole nitrogens is 1. The fourth-order valence-electron chi connectivity index (χ4n) is 3.10. The highest BCUT2D eigenvalue weighted by molar-refractivity contribution is 5.81. The topological polar surface area (TPSA) is 67.0 Å². The standard InChI is InChI=1S/C22H27N3O2/c1-4-20(27-16-10-6-5-7-11-16)22(26)25-19(14-15(2)3)21-23-17-12-8-9-13-18(17)24-21/h5-13,15,19-20H,4,14H2,1-3H3,(H,23,24)(H,25,26)/t19-,20-/m0/s1. The minimum atomic E-state index is -0.536.